The molecule has 2 heterocycles. The summed E-state index contributed by atoms with van der Waals surface area (Å²) in [6, 6.07) is 39.0. The molecule has 0 unspecified atom stereocenters. The quantitative estimate of drug-likeness (QED) is 0.0373. The third kappa shape index (κ3) is 21.2. The molecule has 3 fully saturated rings. The van der Waals surface area contributed by atoms with Crippen molar-refractivity contribution in [2.24, 2.45) is 17.8 Å². The number of ether oxygens (including phenoxy) is 3. The number of carbonyl (C=O) groups is 6. The first kappa shape index (κ1) is 66.0. The van der Waals surface area contributed by atoms with E-state index in [1.165, 1.54) is 58.8 Å². The standard InChI is InChI=1S/C31H35N3O3.C23H25BrN2O3.C17H21NO3/c1-33(2)27-16-14-25(15-17-27)29-18-12-24(21-32-29)22-34(31(36)26-9-5-4-6-10-26)28-11-7-8-23(20-28)13-19-30(35)37-3;1-29-22(27)13-11-17-6-5-9-20(14-17)26(16-18-10-12-21(24)25-15-18)23(28)19-7-3-2-4-8-19;1-21-16(19)11-10-13-6-5-9-15(12-13)18-17(20)14-7-3-2-4-8-14/h7-8,11-21,26H,4-6,9-10,22H2,1-3H3;5-6,9-15,19H,2-4,7-8,16H2,1H3;5-6,9-12,14H,2-4,7-8H2,1H3,(H,18,20)/b19-13+;13-11+;11-10+. The van der Waals surface area contributed by atoms with Crippen LogP contribution in [0.3, 0.4) is 0 Å². The predicted molar refractivity (Wildman–Crippen MR) is 349 cm³/mol. The predicted octanol–water partition coefficient (Wildman–Crippen LogP) is 14.6. The van der Waals surface area contributed by atoms with E-state index in [1.54, 1.807) is 24.4 Å². The number of hydrogen-bond donors (Lipinski definition) is 1. The van der Waals surface area contributed by atoms with Crippen molar-refractivity contribution in [3.63, 3.8) is 0 Å². The van der Waals surface area contributed by atoms with Gasteiger partial charge in [-0.05, 0) is 161 Å². The molecular weight excluding hydrogens is 1160 g/mol. The number of amides is 3. The van der Waals surface area contributed by atoms with Crippen molar-refractivity contribution in [3.8, 4) is 11.3 Å². The molecule has 87 heavy (non-hydrogen) atoms. The molecule has 0 aliphatic heterocycles. The average molecular weight is 1240 g/mol. The molecule has 456 valence electrons. The summed E-state index contributed by atoms with van der Waals surface area (Å²) in [7, 11) is 8.08. The number of hydrogen-bond acceptors (Lipinski definition) is 12. The van der Waals surface area contributed by atoms with Crippen LogP contribution in [0.15, 0.2) is 157 Å². The minimum atomic E-state index is -0.414. The number of nitrogens with one attached hydrogen (secondary N) is 1. The van der Waals surface area contributed by atoms with Crippen molar-refractivity contribution in [1.82, 2.24) is 9.97 Å². The first-order valence-corrected chi connectivity index (χ1v) is 30.8. The Kier molecular flexibility index (Phi) is 26.3. The molecule has 3 aliphatic rings. The van der Waals surface area contributed by atoms with E-state index in [1.807, 2.05) is 127 Å². The molecule has 1 N–H and O–H groups in total. The second-order valence-electron chi connectivity index (χ2n) is 22.2. The van der Waals surface area contributed by atoms with Crippen LogP contribution in [0.5, 0.6) is 0 Å². The van der Waals surface area contributed by atoms with Crippen molar-refractivity contribution in [2.75, 3.05) is 55.4 Å². The van der Waals surface area contributed by atoms with Crippen LogP contribution < -0.4 is 20.0 Å². The van der Waals surface area contributed by atoms with E-state index in [9.17, 15) is 28.8 Å². The molecule has 6 aromatic rings. The Hall–Kier alpha value is -8.50. The molecule has 15 nitrogen and oxygen atoms in total. The molecule has 3 saturated carbocycles. The van der Waals surface area contributed by atoms with Gasteiger partial charge in [-0.25, -0.2) is 19.4 Å². The van der Waals surface area contributed by atoms with Crippen LogP contribution in [-0.4, -0.2) is 81.0 Å². The number of carbonyl (C=O) groups excluding carboxylic acids is 6. The number of aromatic nitrogens is 2. The molecular formula is C71H81BrN6O9. The molecule has 0 saturated heterocycles. The number of anilines is 4. The van der Waals surface area contributed by atoms with Crippen LogP contribution in [0.4, 0.5) is 22.7 Å². The van der Waals surface area contributed by atoms with Gasteiger partial charge >= 0.3 is 17.9 Å². The number of halogens is 1. The minimum Gasteiger partial charge on any atom is -0.466 e. The summed E-state index contributed by atoms with van der Waals surface area (Å²) < 4.78 is 14.7. The van der Waals surface area contributed by atoms with E-state index >= 15 is 0 Å². The average Bonchev–Trinajstić information content (AvgIpc) is 3.77. The van der Waals surface area contributed by atoms with E-state index in [4.69, 9.17) is 9.72 Å². The van der Waals surface area contributed by atoms with Crippen molar-refractivity contribution in [3.05, 3.63) is 184 Å². The van der Waals surface area contributed by atoms with Gasteiger partial charge in [-0.15, -0.1) is 0 Å². The molecule has 0 atom stereocenters. The summed E-state index contributed by atoms with van der Waals surface area (Å²) >= 11 is 3.36. The SMILES string of the molecule is COC(=O)/C=C/c1cccc(N(Cc2ccc(-c3ccc(N(C)C)cc3)nc2)C(=O)C2CCCCC2)c1.COC(=O)/C=C/c1cccc(N(Cc2ccc(Br)nc2)C(=O)C2CCCCC2)c1.COC(=O)/C=C/c1cccc(NC(=O)C2CCCCC2)c1. The molecule has 0 bridgehead atoms. The van der Waals surface area contributed by atoms with Crippen LogP contribution in [-0.2, 0) is 56.1 Å². The minimum absolute atomic E-state index is 0.0328. The zero-order valence-corrected chi connectivity index (χ0v) is 52.3. The van der Waals surface area contributed by atoms with Gasteiger partial charge in [0.25, 0.3) is 0 Å². The van der Waals surface area contributed by atoms with Gasteiger partial charge in [0.2, 0.25) is 17.7 Å². The largest absolute Gasteiger partial charge is 0.466 e. The molecule has 0 spiro atoms. The molecule has 2 aromatic heterocycles. The van der Waals surface area contributed by atoms with Gasteiger partial charge < -0.3 is 34.2 Å². The lowest BCUT2D eigenvalue weighted by atomic mass is 9.88. The van der Waals surface area contributed by atoms with Gasteiger partial charge in [-0.1, -0.05) is 118 Å². The number of pyridine rings is 2. The fourth-order valence-corrected chi connectivity index (χ4v) is 11.1. The summed E-state index contributed by atoms with van der Waals surface area (Å²) in [5, 5.41) is 2.96. The van der Waals surface area contributed by atoms with Crippen LogP contribution in [0.2, 0.25) is 0 Å². The Morgan fingerprint density at radius 3 is 1.33 bits per heavy atom. The molecule has 3 aliphatic carbocycles. The Morgan fingerprint density at radius 1 is 0.494 bits per heavy atom. The Balaban J connectivity index is 0.000000194. The lowest BCUT2D eigenvalue weighted by molar-refractivity contribution is -0.135. The molecule has 16 heteroatoms. The number of esters is 3. The number of nitrogens with zero attached hydrogens (tertiary/aromatic N) is 5. The first-order valence-electron chi connectivity index (χ1n) is 30.0. The van der Waals surface area contributed by atoms with Gasteiger partial charge in [0.05, 0.1) is 40.1 Å². The Morgan fingerprint density at radius 2 is 0.920 bits per heavy atom. The lowest BCUT2D eigenvalue weighted by Gasteiger charge is -2.30. The second kappa shape index (κ2) is 34.6. The van der Waals surface area contributed by atoms with Gasteiger partial charge in [0.1, 0.15) is 4.60 Å². The zero-order chi connectivity index (χ0) is 61.9. The van der Waals surface area contributed by atoms with Crippen LogP contribution in [0.1, 0.15) is 124 Å². The number of methoxy groups -OCH3 is 3. The van der Waals surface area contributed by atoms with Crippen molar-refractivity contribution < 1.29 is 43.0 Å². The lowest BCUT2D eigenvalue weighted by Crippen LogP contribution is -2.36. The topological polar surface area (TPSA) is 178 Å². The fourth-order valence-electron chi connectivity index (χ4n) is 10.8. The van der Waals surface area contributed by atoms with Gasteiger partial charge in [-0.2, -0.15) is 0 Å². The van der Waals surface area contributed by atoms with Crippen molar-refractivity contribution >= 4 is 92.5 Å². The zero-order valence-electron chi connectivity index (χ0n) is 50.7. The van der Waals surface area contributed by atoms with E-state index in [-0.39, 0.29) is 35.5 Å². The van der Waals surface area contributed by atoms with E-state index in [2.05, 4.69) is 64.9 Å². The highest BCUT2D eigenvalue weighted by Gasteiger charge is 2.29. The summed E-state index contributed by atoms with van der Waals surface area (Å²) in [6.07, 6.45) is 28.8. The third-order valence-corrected chi connectivity index (χ3v) is 16.2. The smallest absolute Gasteiger partial charge is 0.330 e. The molecule has 4 aromatic carbocycles. The van der Waals surface area contributed by atoms with E-state index in [0.29, 0.717) is 13.1 Å². The maximum atomic E-state index is 13.7. The van der Waals surface area contributed by atoms with Gasteiger partial charge in [-0.3, -0.25) is 19.4 Å². The number of rotatable bonds is 18. The van der Waals surface area contributed by atoms with E-state index in [0.717, 1.165) is 143 Å². The van der Waals surface area contributed by atoms with Crippen LogP contribution in [0, 0.1) is 17.8 Å². The van der Waals surface area contributed by atoms with Crippen LogP contribution in [0.25, 0.3) is 29.5 Å². The molecule has 0 radical (unpaired) electrons. The molecule has 9 rings (SSSR count). The fraction of sp³-hybridized carbons (Fsp3) is 0.352. The van der Waals surface area contributed by atoms with Crippen LogP contribution >= 0.6 is 15.9 Å². The Labute approximate surface area is 521 Å². The van der Waals surface area contributed by atoms with Crippen molar-refractivity contribution in [2.45, 2.75) is 109 Å². The monoisotopic (exact) mass is 1240 g/mol. The summed E-state index contributed by atoms with van der Waals surface area (Å²) in [5.41, 5.74) is 9.93. The maximum Gasteiger partial charge on any atom is 0.330 e. The summed E-state index contributed by atoms with van der Waals surface area (Å²) in [4.78, 5) is 88.1. The van der Waals surface area contributed by atoms with Crippen molar-refractivity contribution in [1.29, 1.82) is 0 Å². The maximum absolute atomic E-state index is 13.7. The van der Waals surface area contributed by atoms with E-state index < -0.39 is 17.9 Å². The van der Waals surface area contributed by atoms with Gasteiger partial charge in [0, 0.05) is 90.8 Å². The molecule has 3 amide bonds. The highest BCUT2D eigenvalue weighted by molar-refractivity contribution is 9.10. The second-order valence-corrected chi connectivity index (χ2v) is 23.0. The summed E-state index contributed by atoms with van der Waals surface area (Å²) in [6.45, 7) is 0.895. The normalized spacial score (nSPS) is 14.6. The highest BCUT2D eigenvalue weighted by atomic mass is 79.9. The first-order chi connectivity index (χ1) is 42.2. The highest BCUT2D eigenvalue weighted by Crippen LogP contribution is 2.32. The van der Waals surface area contributed by atoms with Gasteiger partial charge in [0.15, 0.2) is 0 Å². The Bertz CT molecular complexity index is 3310. The third-order valence-electron chi connectivity index (χ3n) is 15.7. The number of benzene rings is 4. The summed E-state index contributed by atoms with van der Waals surface area (Å²) in [5.74, 6) is -0.594.